The van der Waals surface area contributed by atoms with Gasteiger partial charge in [-0.15, -0.1) is 6.42 Å². The maximum absolute atomic E-state index is 8.25. The number of fused-ring (bicyclic) bond motifs is 1. The van der Waals surface area contributed by atoms with Gasteiger partial charge in [0.15, 0.2) is 0 Å². The summed E-state index contributed by atoms with van der Waals surface area (Å²) in [4.78, 5) is 2.72. The Kier molecular flexibility index (Phi) is 2.31. The zero-order chi connectivity index (χ0) is 10.7. The molecule has 0 aliphatic carbocycles. The van der Waals surface area contributed by atoms with Gasteiger partial charge in [0.1, 0.15) is 5.65 Å². The standard InChI is InChI=1S/C9H8N6/c1-2-3-14-4-5-15-9(14)8(7-12-15)6-11-13-10/h1,4-5,7H,3,6H2. The van der Waals surface area contributed by atoms with Gasteiger partial charge in [0, 0.05) is 22.9 Å². The van der Waals surface area contributed by atoms with Crippen molar-refractivity contribution in [1.29, 1.82) is 0 Å². The maximum atomic E-state index is 8.25. The molecule has 0 N–H and O–H groups in total. The lowest BCUT2D eigenvalue weighted by atomic mass is 10.3. The van der Waals surface area contributed by atoms with Gasteiger partial charge >= 0.3 is 0 Å². The average molecular weight is 200 g/mol. The van der Waals surface area contributed by atoms with Crippen LogP contribution in [0.25, 0.3) is 16.1 Å². The molecule has 2 heterocycles. The minimum Gasteiger partial charge on any atom is -0.320 e. The van der Waals surface area contributed by atoms with Gasteiger partial charge < -0.3 is 4.57 Å². The molecule has 0 radical (unpaired) electrons. The molecule has 0 fully saturated rings. The van der Waals surface area contributed by atoms with Gasteiger partial charge in [0.25, 0.3) is 0 Å². The highest BCUT2D eigenvalue weighted by Crippen LogP contribution is 2.12. The second-order valence-electron chi connectivity index (χ2n) is 2.96. The summed E-state index contributed by atoms with van der Waals surface area (Å²) in [5.74, 6) is 2.55. The SMILES string of the molecule is C#CCn1ccn2ncc(CN=[N+]=[N-])c12. The minimum absolute atomic E-state index is 0.286. The van der Waals surface area contributed by atoms with E-state index in [0.717, 1.165) is 11.2 Å². The van der Waals surface area contributed by atoms with Crippen LogP contribution in [0.1, 0.15) is 5.56 Å². The van der Waals surface area contributed by atoms with Crippen LogP contribution < -0.4 is 0 Å². The lowest BCUT2D eigenvalue weighted by Gasteiger charge is -1.98. The van der Waals surface area contributed by atoms with Gasteiger partial charge in [-0.3, -0.25) is 0 Å². The van der Waals surface area contributed by atoms with Crippen LogP contribution in [0.5, 0.6) is 0 Å². The summed E-state index contributed by atoms with van der Waals surface area (Å²) < 4.78 is 3.59. The van der Waals surface area contributed by atoms with E-state index < -0.39 is 0 Å². The van der Waals surface area contributed by atoms with Crippen LogP contribution in [-0.4, -0.2) is 14.2 Å². The van der Waals surface area contributed by atoms with E-state index in [0.29, 0.717) is 6.54 Å². The third kappa shape index (κ3) is 1.52. The first kappa shape index (κ1) is 9.19. The number of nitrogens with zero attached hydrogens (tertiary/aromatic N) is 6. The van der Waals surface area contributed by atoms with Crippen molar-refractivity contribution in [2.45, 2.75) is 13.1 Å². The lowest BCUT2D eigenvalue weighted by molar-refractivity contribution is 0.861. The molecule has 6 heteroatoms. The van der Waals surface area contributed by atoms with Crippen LogP contribution in [0.2, 0.25) is 0 Å². The summed E-state index contributed by atoms with van der Waals surface area (Å²) in [7, 11) is 0. The molecule has 0 saturated heterocycles. The highest BCUT2D eigenvalue weighted by Gasteiger charge is 2.07. The second-order valence-corrected chi connectivity index (χ2v) is 2.96. The molecule has 0 bridgehead atoms. The molecule has 2 aromatic heterocycles. The van der Waals surface area contributed by atoms with E-state index in [2.05, 4.69) is 21.0 Å². The predicted molar refractivity (Wildman–Crippen MR) is 54.9 cm³/mol. The Morgan fingerprint density at radius 1 is 1.60 bits per heavy atom. The van der Waals surface area contributed by atoms with E-state index >= 15 is 0 Å². The van der Waals surface area contributed by atoms with Crippen LogP contribution in [-0.2, 0) is 13.1 Å². The number of imidazole rings is 1. The summed E-state index contributed by atoms with van der Waals surface area (Å²) >= 11 is 0. The highest BCUT2D eigenvalue weighted by atomic mass is 15.3. The molecular weight excluding hydrogens is 192 g/mol. The lowest BCUT2D eigenvalue weighted by Crippen LogP contribution is -1.95. The zero-order valence-corrected chi connectivity index (χ0v) is 7.91. The van der Waals surface area contributed by atoms with Gasteiger partial charge in [-0.25, -0.2) is 4.52 Å². The third-order valence-corrected chi connectivity index (χ3v) is 2.07. The molecule has 2 aromatic rings. The molecule has 0 saturated carbocycles. The number of azide groups is 1. The Labute approximate surface area is 85.7 Å². The number of hydrogen-bond acceptors (Lipinski definition) is 2. The molecule has 0 aromatic carbocycles. The van der Waals surface area contributed by atoms with Gasteiger partial charge in [-0.1, -0.05) is 11.0 Å². The number of aromatic nitrogens is 3. The van der Waals surface area contributed by atoms with E-state index in [1.54, 1.807) is 10.7 Å². The van der Waals surface area contributed by atoms with Crippen LogP contribution in [0.15, 0.2) is 23.7 Å². The van der Waals surface area contributed by atoms with Crippen molar-refractivity contribution in [3.8, 4) is 12.3 Å². The minimum atomic E-state index is 0.286. The maximum Gasteiger partial charge on any atom is 0.139 e. The van der Waals surface area contributed by atoms with Crippen molar-refractivity contribution < 1.29 is 0 Å². The summed E-state index contributed by atoms with van der Waals surface area (Å²) in [6.07, 6.45) is 10.6. The smallest absolute Gasteiger partial charge is 0.139 e. The van der Waals surface area contributed by atoms with Gasteiger partial charge in [-0.2, -0.15) is 5.10 Å². The first-order valence-corrected chi connectivity index (χ1v) is 4.32. The zero-order valence-electron chi connectivity index (χ0n) is 7.91. The molecule has 74 valence electrons. The van der Waals surface area contributed by atoms with Crippen molar-refractivity contribution >= 4 is 5.65 Å². The van der Waals surface area contributed by atoms with Crippen molar-refractivity contribution in [3.63, 3.8) is 0 Å². The molecule has 0 amide bonds. The molecular formula is C9H8N6. The fourth-order valence-electron chi connectivity index (χ4n) is 1.48. The number of terminal acetylenes is 1. The van der Waals surface area contributed by atoms with Gasteiger partial charge in [-0.05, 0) is 5.53 Å². The summed E-state index contributed by atoms with van der Waals surface area (Å²) in [6.45, 7) is 0.764. The van der Waals surface area contributed by atoms with E-state index in [-0.39, 0.29) is 6.54 Å². The molecule has 0 spiro atoms. The van der Waals surface area contributed by atoms with Crippen LogP contribution >= 0.6 is 0 Å². The Hall–Kier alpha value is -2.38. The quantitative estimate of drug-likeness (QED) is 0.321. The van der Waals surface area contributed by atoms with Crippen LogP contribution in [0.4, 0.5) is 0 Å². The summed E-state index contributed by atoms with van der Waals surface area (Å²) in [5.41, 5.74) is 10.00. The van der Waals surface area contributed by atoms with Crippen molar-refractivity contribution in [2.75, 3.05) is 0 Å². The van der Waals surface area contributed by atoms with E-state index in [4.69, 9.17) is 12.0 Å². The van der Waals surface area contributed by atoms with E-state index in [1.807, 2.05) is 17.0 Å². The van der Waals surface area contributed by atoms with Crippen LogP contribution in [0, 0.1) is 12.3 Å². The Balaban J connectivity index is 2.50. The molecule has 15 heavy (non-hydrogen) atoms. The highest BCUT2D eigenvalue weighted by molar-refractivity contribution is 5.48. The molecule has 6 nitrogen and oxygen atoms in total. The second kappa shape index (κ2) is 3.78. The summed E-state index contributed by atoms with van der Waals surface area (Å²) in [6, 6.07) is 0. The Bertz CT molecular complexity index is 563. The van der Waals surface area contributed by atoms with Crippen LogP contribution in [0.3, 0.4) is 0 Å². The number of rotatable bonds is 3. The van der Waals surface area contributed by atoms with E-state index in [9.17, 15) is 0 Å². The van der Waals surface area contributed by atoms with Crippen molar-refractivity contribution in [1.82, 2.24) is 14.2 Å². The molecule has 0 aliphatic rings. The molecule has 2 rings (SSSR count). The first-order chi connectivity index (χ1) is 7.36. The molecule has 0 unspecified atom stereocenters. The largest absolute Gasteiger partial charge is 0.320 e. The Morgan fingerprint density at radius 3 is 3.20 bits per heavy atom. The van der Waals surface area contributed by atoms with Gasteiger partial charge in [0.05, 0.1) is 19.3 Å². The average Bonchev–Trinajstić information content (AvgIpc) is 2.79. The topological polar surface area (TPSA) is 71.0 Å². The van der Waals surface area contributed by atoms with Gasteiger partial charge in [0.2, 0.25) is 0 Å². The fourth-order valence-corrected chi connectivity index (χ4v) is 1.48. The number of hydrogen-bond donors (Lipinski definition) is 0. The van der Waals surface area contributed by atoms with E-state index in [1.165, 1.54) is 0 Å². The van der Waals surface area contributed by atoms with Crippen molar-refractivity contribution in [2.24, 2.45) is 5.11 Å². The predicted octanol–water partition coefficient (Wildman–Crippen LogP) is 1.58. The molecule has 0 aliphatic heterocycles. The normalized spacial score (nSPS) is 9.80. The molecule has 0 atom stereocenters. The van der Waals surface area contributed by atoms with Crippen molar-refractivity contribution in [3.05, 3.63) is 34.6 Å². The first-order valence-electron chi connectivity index (χ1n) is 4.32. The fraction of sp³-hybridized carbons (Fsp3) is 0.222. The third-order valence-electron chi connectivity index (χ3n) is 2.07. The Morgan fingerprint density at radius 2 is 2.47 bits per heavy atom. The summed E-state index contributed by atoms with van der Waals surface area (Å²) in [5, 5.41) is 7.63. The monoisotopic (exact) mass is 200 g/mol.